The molecule has 0 radical (unpaired) electrons. The van der Waals surface area contributed by atoms with Crippen LogP contribution in [0.4, 0.5) is 0 Å². The van der Waals surface area contributed by atoms with Crippen molar-refractivity contribution in [1.82, 2.24) is 0 Å². The zero-order valence-electron chi connectivity index (χ0n) is 12.7. The molecule has 0 aliphatic heterocycles. The summed E-state index contributed by atoms with van der Waals surface area (Å²) in [4.78, 5) is 0. The normalized spacial score (nSPS) is 12.7. The van der Waals surface area contributed by atoms with Crippen LogP contribution in [0, 0.1) is 0 Å². The molecule has 23 heavy (non-hydrogen) atoms. The van der Waals surface area contributed by atoms with E-state index in [9.17, 15) is 8.42 Å². The minimum absolute atomic E-state index is 0.0398. The highest BCUT2D eigenvalue weighted by Crippen LogP contribution is 2.25. The molecule has 0 fully saturated rings. The predicted molar refractivity (Wildman–Crippen MR) is 88.9 cm³/mol. The zero-order valence-corrected chi connectivity index (χ0v) is 14.3. The minimum Gasteiger partial charge on any atom is -0.488 e. The van der Waals surface area contributed by atoms with Crippen LogP contribution in [-0.4, -0.2) is 27.4 Å². The summed E-state index contributed by atoms with van der Waals surface area (Å²) in [6.45, 7) is 1.69. The van der Waals surface area contributed by atoms with E-state index in [1.807, 2.05) is 0 Å². The molecule has 7 heteroatoms. The van der Waals surface area contributed by atoms with Gasteiger partial charge in [0.2, 0.25) is 0 Å². The van der Waals surface area contributed by atoms with Crippen LogP contribution in [0.25, 0.3) is 0 Å². The average molecular weight is 357 g/mol. The summed E-state index contributed by atoms with van der Waals surface area (Å²) in [5, 5.41) is 0.645. The van der Waals surface area contributed by atoms with Crippen LogP contribution in [0.5, 0.6) is 17.2 Å². The molecule has 0 saturated carbocycles. The van der Waals surface area contributed by atoms with Gasteiger partial charge in [0.05, 0.1) is 6.26 Å². The van der Waals surface area contributed by atoms with Crippen molar-refractivity contribution in [3.05, 3.63) is 53.6 Å². The van der Waals surface area contributed by atoms with Crippen LogP contribution in [0.1, 0.15) is 6.92 Å². The van der Waals surface area contributed by atoms with Gasteiger partial charge in [-0.2, -0.15) is 8.42 Å². The van der Waals surface area contributed by atoms with Crippen LogP contribution in [0.15, 0.2) is 48.5 Å². The minimum atomic E-state index is -3.47. The Balaban J connectivity index is 1.90. The molecule has 1 unspecified atom stereocenters. The molecule has 0 aromatic heterocycles. The van der Waals surface area contributed by atoms with E-state index in [1.54, 1.807) is 55.5 Å². The fourth-order valence-electron chi connectivity index (χ4n) is 1.71. The molecule has 124 valence electrons. The Labute approximate surface area is 140 Å². The van der Waals surface area contributed by atoms with Crippen LogP contribution >= 0.6 is 11.6 Å². The van der Waals surface area contributed by atoms with Gasteiger partial charge in [-0.25, -0.2) is 0 Å². The lowest BCUT2D eigenvalue weighted by atomic mass is 10.3. The predicted octanol–water partition coefficient (Wildman–Crippen LogP) is 3.88. The first-order valence-electron chi connectivity index (χ1n) is 6.86. The van der Waals surface area contributed by atoms with Gasteiger partial charge in [-0.1, -0.05) is 11.6 Å². The summed E-state index contributed by atoms with van der Waals surface area (Å²) >= 11 is 5.82. The molecule has 0 aliphatic carbocycles. The lowest BCUT2D eigenvalue weighted by Gasteiger charge is -2.14. The molecule has 0 amide bonds. The van der Waals surface area contributed by atoms with Crippen molar-refractivity contribution in [2.24, 2.45) is 0 Å². The molecule has 2 rings (SSSR count). The van der Waals surface area contributed by atoms with E-state index in [0.717, 1.165) is 6.26 Å². The van der Waals surface area contributed by atoms with Gasteiger partial charge in [0, 0.05) is 5.02 Å². The number of hydrogen-bond acceptors (Lipinski definition) is 5. The highest BCUT2D eigenvalue weighted by Gasteiger charge is 2.09. The first-order valence-corrected chi connectivity index (χ1v) is 9.06. The van der Waals surface area contributed by atoms with Gasteiger partial charge in [0.15, 0.2) is 0 Å². The van der Waals surface area contributed by atoms with Crippen LogP contribution in [0.3, 0.4) is 0 Å². The van der Waals surface area contributed by atoms with Gasteiger partial charge in [-0.3, -0.25) is 4.18 Å². The highest BCUT2D eigenvalue weighted by molar-refractivity contribution is 7.85. The van der Waals surface area contributed by atoms with Crippen molar-refractivity contribution < 1.29 is 22.1 Å². The molecule has 2 aromatic carbocycles. The van der Waals surface area contributed by atoms with Crippen molar-refractivity contribution in [2.45, 2.75) is 13.0 Å². The Bertz CT molecular complexity index is 726. The van der Waals surface area contributed by atoms with E-state index in [-0.39, 0.29) is 6.61 Å². The number of hydrogen-bond donors (Lipinski definition) is 0. The smallest absolute Gasteiger partial charge is 0.264 e. The van der Waals surface area contributed by atoms with E-state index in [0.29, 0.717) is 22.3 Å². The number of ether oxygens (including phenoxy) is 2. The standard InChI is InChI=1S/C16H17ClO5S/c1-12(11-20-23(2,18)19)21-14-7-9-16(10-8-14)22-15-5-3-13(17)4-6-15/h3-10,12H,11H2,1-2H3. The number of halogens is 1. The van der Waals surface area contributed by atoms with Crippen LogP contribution in [0.2, 0.25) is 5.02 Å². The molecule has 0 saturated heterocycles. The number of benzene rings is 2. The molecule has 0 aliphatic rings. The van der Waals surface area contributed by atoms with Crippen molar-refractivity contribution >= 4 is 21.7 Å². The summed E-state index contributed by atoms with van der Waals surface area (Å²) in [7, 11) is -3.47. The second kappa shape index (κ2) is 7.68. The number of rotatable bonds is 7. The van der Waals surface area contributed by atoms with E-state index in [1.165, 1.54) is 0 Å². The highest BCUT2D eigenvalue weighted by atomic mass is 35.5. The third-order valence-corrected chi connectivity index (χ3v) is 3.54. The molecule has 0 spiro atoms. The molecule has 0 heterocycles. The maximum atomic E-state index is 10.9. The summed E-state index contributed by atoms with van der Waals surface area (Å²) in [6, 6.07) is 14.0. The molecule has 1 atom stereocenters. The third-order valence-electron chi connectivity index (χ3n) is 2.73. The first-order chi connectivity index (χ1) is 10.8. The van der Waals surface area contributed by atoms with E-state index >= 15 is 0 Å². The fraction of sp³-hybridized carbons (Fsp3) is 0.250. The molecular formula is C16H17ClO5S. The van der Waals surface area contributed by atoms with Crippen molar-refractivity contribution in [3.63, 3.8) is 0 Å². The molecule has 2 aromatic rings. The molecule has 0 N–H and O–H groups in total. The second-order valence-electron chi connectivity index (χ2n) is 4.94. The van der Waals surface area contributed by atoms with Crippen molar-refractivity contribution in [1.29, 1.82) is 0 Å². The Morgan fingerprint density at radius 1 is 0.957 bits per heavy atom. The largest absolute Gasteiger partial charge is 0.488 e. The first kappa shape index (κ1) is 17.6. The maximum absolute atomic E-state index is 10.9. The van der Waals surface area contributed by atoms with Gasteiger partial charge in [0.25, 0.3) is 10.1 Å². The Morgan fingerprint density at radius 2 is 1.43 bits per heavy atom. The van der Waals surface area contributed by atoms with Crippen molar-refractivity contribution in [2.75, 3.05) is 12.9 Å². The Hall–Kier alpha value is -1.76. The molecule has 0 bridgehead atoms. The van der Waals surface area contributed by atoms with Gasteiger partial charge in [0.1, 0.15) is 30.0 Å². The summed E-state index contributed by atoms with van der Waals surface area (Å²) in [5.74, 6) is 1.93. The van der Waals surface area contributed by atoms with Gasteiger partial charge >= 0.3 is 0 Å². The van der Waals surface area contributed by atoms with Gasteiger partial charge in [-0.05, 0) is 55.5 Å². The Kier molecular flexibility index (Phi) is 5.87. The van der Waals surface area contributed by atoms with Crippen molar-refractivity contribution in [3.8, 4) is 17.2 Å². The maximum Gasteiger partial charge on any atom is 0.264 e. The average Bonchev–Trinajstić information content (AvgIpc) is 2.49. The van der Waals surface area contributed by atoms with E-state index < -0.39 is 16.2 Å². The second-order valence-corrected chi connectivity index (χ2v) is 7.02. The lowest BCUT2D eigenvalue weighted by Crippen LogP contribution is -2.21. The lowest BCUT2D eigenvalue weighted by molar-refractivity contribution is 0.147. The SMILES string of the molecule is CC(COS(C)(=O)=O)Oc1ccc(Oc2ccc(Cl)cc2)cc1. The van der Waals surface area contributed by atoms with E-state index in [2.05, 4.69) is 4.18 Å². The molecular weight excluding hydrogens is 340 g/mol. The summed E-state index contributed by atoms with van der Waals surface area (Å²) in [5.41, 5.74) is 0. The fourth-order valence-corrected chi connectivity index (χ4v) is 2.28. The third kappa shape index (κ3) is 6.48. The summed E-state index contributed by atoms with van der Waals surface area (Å²) in [6.07, 6.45) is 0.607. The van der Waals surface area contributed by atoms with Crippen LogP contribution < -0.4 is 9.47 Å². The van der Waals surface area contributed by atoms with Crippen LogP contribution in [-0.2, 0) is 14.3 Å². The monoisotopic (exact) mass is 356 g/mol. The van der Waals surface area contributed by atoms with E-state index in [4.69, 9.17) is 21.1 Å². The zero-order chi connectivity index (χ0) is 16.9. The summed E-state index contributed by atoms with van der Waals surface area (Å²) < 4.78 is 37.8. The topological polar surface area (TPSA) is 61.8 Å². The van der Waals surface area contributed by atoms with Gasteiger partial charge < -0.3 is 9.47 Å². The Morgan fingerprint density at radius 3 is 1.96 bits per heavy atom. The molecule has 5 nitrogen and oxygen atoms in total. The van der Waals surface area contributed by atoms with Gasteiger partial charge in [-0.15, -0.1) is 0 Å². The quantitative estimate of drug-likeness (QED) is 0.704.